The smallest absolute Gasteiger partial charge is 0.115 e. The number of rotatable bonds is 8. The van der Waals surface area contributed by atoms with Gasteiger partial charge in [-0.25, -0.2) is 0 Å². The molecule has 0 aromatic heterocycles. The number of phenols is 1. The van der Waals surface area contributed by atoms with Crippen LogP contribution in [0.4, 0.5) is 5.69 Å². The quantitative estimate of drug-likeness (QED) is 0.510. The second-order valence-electron chi connectivity index (χ2n) is 8.99. The van der Waals surface area contributed by atoms with Gasteiger partial charge in [-0.1, -0.05) is 51.7 Å². The molecule has 0 radical (unpaired) electrons. The maximum Gasteiger partial charge on any atom is 0.115 e. The van der Waals surface area contributed by atoms with Gasteiger partial charge in [-0.3, -0.25) is 0 Å². The monoisotopic (exact) mass is 427 g/mol. The van der Waals surface area contributed by atoms with E-state index in [1.54, 1.807) is 12.1 Å². The van der Waals surface area contributed by atoms with Gasteiger partial charge in [-0.15, -0.1) is 11.8 Å². The van der Waals surface area contributed by atoms with E-state index in [4.69, 9.17) is 0 Å². The predicted octanol–water partition coefficient (Wildman–Crippen LogP) is 6.42. The first-order valence-electron chi connectivity index (χ1n) is 11.3. The van der Waals surface area contributed by atoms with Crippen molar-refractivity contribution in [3.63, 3.8) is 0 Å². The number of nitrogens with zero attached hydrogens (tertiary/aromatic N) is 1. The molecule has 0 spiro atoms. The molecule has 0 saturated heterocycles. The van der Waals surface area contributed by atoms with Gasteiger partial charge in [0.1, 0.15) is 5.75 Å². The molecule has 3 nitrogen and oxygen atoms in total. The molecule has 0 unspecified atom stereocenters. The third kappa shape index (κ3) is 4.81. The lowest BCUT2D eigenvalue weighted by Gasteiger charge is -2.40. The zero-order valence-corrected chi connectivity index (χ0v) is 19.7. The van der Waals surface area contributed by atoms with Gasteiger partial charge >= 0.3 is 0 Å². The van der Waals surface area contributed by atoms with Crippen LogP contribution in [0.1, 0.15) is 69.4 Å². The van der Waals surface area contributed by atoms with Crippen molar-refractivity contribution in [2.24, 2.45) is 5.41 Å². The van der Waals surface area contributed by atoms with Gasteiger partial charge in [-0.05, 0) is 54.3 Å². The largest absolute Gasteiger partial charge is 0.508 e. The number of unbranched alkanes of at least 4 members (excludes halogenated alkanes) is 2. The van der Waals surface area contributed by atoms with Crippen molar-refractivity contribution in [1.29, 1.82) is 0 Å². The number of fused-ring (bicyclic) bond motifs is 1. The number of anilines is 1. The summed E-state index contributed by atoms with van der Waals surface area (Å²) in [6.07, 6.45) is 6.24. The SMILES string of the molecule is CCCCC1(CCCC)CSc2ccc(N(C)C)cc2[C@@H](c2ccc(O)cc2)[C@H]1O. The predicted molar refractivity (Wildman–Crippen MR) is 129 cm³/mol. The van der Waals surface area contributed by atoms with E-state index in [-0.39, 0.29) is 17.1 Å². The molecule has 30 heavy (non-hydrogen) atoms. The van der Waals surface area contributed by atoms with Crippen LogP contribution in [0.15, 0.2) is 47.4 Å². The number of thioether (sulfide) groups is 1. The first-order valence-corrected chi connectivity index (χ1v) is 12.3. The summed E-state index contributed by atoms with van der Waals surface area (Å²) in [4.78, 5) is 3.39. The Bertz CT molecular complexity index is 810. The Hall–Kier alpha value is -1.65. The van der Waals surface area contributed by atoms with E-state index in [1.165, 1.54) is 10.5 Å². The molecule has 1 heterocycles. The van der Waals surface area contributed by atoms with Gasteiger partial charge in [-0.2, -0.15) is 0 Å². The fourth-order valence-electron chi connectivity index (χ4n) is 4.69. The van der Waals surface area contributed by atoms with Crippen LogP contribution in [-0.2, 0) is 0 Å². The summed E-state index contributed by atoms with van der Waals surface area (Å²) >= 11 is 1.92. The van der Waals surface area contributed by atoms with E-state index in [0.29, 0.717) is 0 Å². The van der Waals surface area contributed by atoms with Gasteiger partial charge in [0, 0.05) is 41.8 Å². The molecule has 1 aliphatic rings. The van der Waals surface area contributed by atoms with Crippen molar-refractivity contribution >= 4 is 17.4 Å². The zero-order chi connectivity index (χ0) is 21.7. The van der Waals surface area contributed by atoms with E-state index in [0.717, 1.165) is 55.5 Å². The van der Waals surface area contributed by atoms with Crippen LogP contribution >= 0.6 is 11.8 Å². The molecule has 164 valence electrons. The van der Waals surface area contributed by atoms with Gasteiger partial charge < -0.3 is 15.1 Å². The summed E-state index contributed by atoms with van der Waals surface area (Å²) < 4.78 is 0. The molecule has 2 aromatic carbocycles. The molecular formula is C26H37NO2S. The highest BCUT2D eigenvalue weighted by Gasteiger charge is 2.45. The topological polar surface area (TPSA) is 43.7 Å². The van der Waals surface area contributed by atoms with Gasteiger partial charge in [0.25, 0.3) is 0 Å². The van der Waals surface area contributed by atoms with Crippen molar-refractivity contribution in [3.05, 3.63) is 53.6 Å². The Morgan fingerprint density at radius 3 is 2.20 bits per heavy atom. The lowest BCUT2D eigenvalue weighted by Crippen LogP contribution is -2.41. The van der Waals surface area contributed by atoms with Crippen LogP contribution in [0.3, 0.4) is 0 Å². The minimum Gasteiger partial charge on any atom is -0.508 e. The fourth-order valence-corrected chi connectivity index (χ4v) is 6.10. The first kappa shape index (κ1) is 23.0. The van der Waals surface area contributed by atoms with Crippen LogP contribution in [-0.4, -0.2) is 36.2 Å². The van der Waals surface area contributed by atoms with Crippen LogP contribution in [0, 0.1) is 5.41 Å². The van der Waals surface area contributed by atoms with E-state index < -0.39 is 6.10 Å². The molecule has 2 N–H and O–H groups in total. The number of aliphatic hydroxyl groups excluding tert-OH is 1. The first-order chi connectivity index (χ1) is 14.4. The number of hydrogen-bond acceptors (Lipinski definition) is 4. The van der Waals surface area contributed by atoms with Crippen molar-refractivity contribution in [2.45, 2.75) is 69.3 Å². The van der Waals surface area contributed by atoms with Crippen molar-refractivity contribution in [1.82, 2.24) is 0 Å². The van der Waals surface area contributed by atoms with E-state index in [2.05, 4.69) is 51.0 Å². The highest BCUT2D eigenvalue weighted by Crippen LogP contribution is 2.52. The van der Waals surface area contributed by atoms with Crippen LogP contribution in [0.2, 0.25) is 0 Å². The molecule has 4 heteroatoms. The third-order valence-electron chi connectivity index (χ3n) is 6.61. The number of hydrogen-bond donors (Lipinski definition) is 2. The molecule has 0 bridgehead atoms. The van der Waals surface area contributed by atoms with E-state index >= 15 is 0 Å². The Balaban J connectivity index is 2.15. The molecule has 0 amide bonds. The molecule has 2 atom stereocenters. The summed E-state index contributed by atoms with van der Waals surface area (Å²) in [5, 5.41) is 21.9. The summed E-state index contributed by atoms with van der Waals surface area (Å²) in [5.41, 5.74) is 3.34. The summed E-state index contributed by atoms with van der Waals surface area (Å²) in [7, 11) is 4.12. The van der Waals surface area contributed by atoms with E-state index in [9.17, 15) is 10.2 Å². The molecule has 3 rings (SSSR count). The number of phenolic OH excluding ortho intramolecular Hbond substituents is 1. The lowest BCUT2D eigenvalue weighted by atomic mass is 9.68. The maximum atomic E-state index is 12.0. The average Bonchev–Trinajstić information content (AvgIpc) is 2.86. The Morgan fingerprint density at radius 1 is 1.00 bits per heavy atom. The average molecular weight is 428 g/mol. The van der Waals surface area contributed by atoms with Gasteiger partial charge in [0.2, 0.25) is 0 Å². The number of benzene rings is 2. The second-order valence-corrected chi connectivity index (χ2v) is 10.0. The Kier molecular flexibility index (Phi) is 7.75. The van der Waals surface area contributed by atoms with Gasteiger partial charge in [0.15, 0.2) is 0 Å². The van der Waals surface area contributed by atoms with Crippen LogP contribution in [0.25, 0.3) is 0 Å². The van der Waals surface area contributed by atoms with Crippen molar-refractivity contribution < 1.29 is 10.2 Å². The lowest BCUT2D eigenvalue weighted by molar-refractivity contribution is 0.0135. The van der Waals surface area contributed by atoms with E-state index in [1.807, 2.05) is 23.9 Å². The minimum absolute atomic E-state index is 0.0933. The highest BCUT2D eigenvalue weighted by atomic mass is 32.2. The van der Waals surface area contributed by atoms with Gasteiger partial charge in [0.05, 0.1) is 6.10 Å². The number of aromatic hydroxyl groups is 1. The maximum absolute atomic E-state index is 12.0. The molecule has 2 aromatic rings. The normalized spacial score (nSPS) is 20.4. The van der Waals surface area contributed by atoms with Crippen molar-refractivity contribution in [3.8, 4) is 5.75 Å². The molecule has 0 saturated carbocycles. The highest BCUT2D eigenvalue weighted by molar-refractivity contribution is 7.99. The minimum atomic E-state index is -0.452. The van der Waals surface area contributed by atoms with Crippen LogP contribution < -0.4 is 4.90 Å². The summed E-state index contributed by atoms with van der Waals surface area (Å²) in [5.74, 6) is 1.13. The molecule has 0 aliphatic carbocycles. The summed E-state index contributed by atoms with van der Waals surface area (Å²) in [6, 6.07) is 14.1. The molecular weight excluding hydrogens is 390 g/mol. The Morgan fingerprint density at radius 2 is 1.63 bits per heavy atom. The summed E-state index contributed by atoms with van der Waals surface area (Å²) in [6.45, 7) is 4.47. The second kappa shape index (κ2) is 10.1. The number of aliphatic hydroxyl groups is 1. The fraction of sp³-hybridized carbons (Fsp3) is 0.538. The Labute approximate surface area is 186 Å². The molecule has 0 fully saturated rings. The third-order valence-corrected chi connectivity index (χ3v) is 8.01. The van der Waals surface area contributed by atoms with Crippen LogP contribution in [0.5, 0.6) is 5.75 Å². The standard InChI is InChI=1S/C26H37NO2S/c1-5-7-15-26(16-8-6-2)18-30-23-14-11-20(27(3)4)17-22(23)24(25(26)29)19-9-12-21(28)13-10-19/h9-14,17,24-25,28-29H,5-8,15-16,18H2,1-4H3/t24-,25-/m1/s1. The zero-order valence-electron chi connectivity index (χ0n) is 18.9. The molecule has 1 aliphatic heterocycles. The van der Waals surface area contributed by atoms with Crippen molar-refractivity contribution in [2.75, 3.05) is 24.7 Å².